The van der Waals surface area contributed by atoms with Crippen LogP contribution in [0.4, 0.5) is 11.4 Å². The second-order valence-electron chi connectivity index (χ2n) is 7.60. The molecule has 0 radical (unpaired) electrons. The van der Waals surface area contributed by atoms with Crippen molar-refractivity contribution in [1.82, 2.24) is 0 Å². The van der Waals surface area contributed by atoms with Crippen LogP contribution in [0.3, 0.4) is 0 Å². The number of carbonyl (C=O) groups excluding carboxylic acids is 3. The van der Waals surface area contributed by atoms with Crippen LogP contribution in [0.15, 0.2) is 54.6 Å². The van der Waals surface area contributed by atoms with Crippen molar-refractivity contribution in [3.8, 4) is 5.75 Å². The summed E-state index contributed by atoms with van der Waals surface area (Å²) in [7, 11) is 0. The zero-order valence-electron chi connectivity index (χ0n) is 17.4. The Balaban J connectivity index is 1.58. The Morgan fingerprint density at radius 2 is 1.73 bits per heavy atom. The van der Waals surface area contributed by atoms with Gasteiger partial charge in [0.2, 0.25) is 5.91 Å². The lowest BCUT2D eigenvalue weighted by atomic mass is 9.95. The monoisotopic (exact) mass is 410 g/mol. The standard InChI is InChI=1S/C23H26N2O5/c1-16(30-20(26)14-9-15-29-17-10-5-4-6-11-17)21(27)25-19-13-8-7-12-18(19)24-22(28)23(25,2)3/h4-8,10-13,16H,9,14-15H2,1-3H3,(H,24,28)/t16-/m0/s1. The highest BCUT2D eigenvalue weighted by Gasteiger charge is 2.45. The van der Waals surface area contributed by atoms with E-state index in [-0.39, 0.29) is 12.3 Å². The molecule has 2 amide bonds. The summed E-state index contributed by atoms with van der Waals surface area (Å²) in [6.45, 7) is 5.21. The number of para-hydroxylation sites is 3. The maximum Gasteiger partial charge on any atom is 0.306 e. The van der Waals surface area contributed by atoms with Crippen molar-refractivity contribution >= 4 is 29.2 Å². The number of nitrogens with one attached hydrogen (secondary N) is 1. The molecule has 2 aromatic rings. The van der Waals surface area contributed by atoms with Gasteiger partial charge in [0, 0.05) is 6.42 Å². The second kappa shape index (κ2) is 8.98. The molecule has 0 bridgehead atoms. The molecule has 2 aromatic carbocycles. The Morgan fingerprint density at radius 3 is 2.47 bits per heavy atom. The van der Waals surface area contributed by atoms with Crippen LogP contribution in [0.2, 0.25) is 0 Å². The number of ether oxygens (including phenoxy) is 2. The first kappa shape index (κ1) is 21.4. The third-order valence-corrected chi connectivity index (χ3v) is 4.92. The Kier molecular flexibility index (Phi) is 6.40. The van der Waals surface area contributed by atoms with Gasteiger partial charge in [-0.25, -0.2) is 0 Å². The van der Waals surface area contributed by atoms with Crippen molar-refractivity contribution < 1.29 is 23.9 Å². The lowest BCUT2D eigenvalue weighted by Gasteiger charge is -2.42. The van der Waals surface area contributed by atoms with E-state index in [9.17, 15) is 14.4 Å². The van der Waals surface area contributed by atoms with Crippen molar-refractivity contribution in [3.63, 3.8) is 0 Å². The van der Waals surface area contributed by atoms with Crippen LogP contribution in [0.5, 0.6) is 5.75 Å². The number of benzene rings is 2. The quantitative estimate of drug-likeness (QED) is 0.557. The molecule has 1 heterocycles. The fraction of sp³-hybridized carbons (Fsp3) is 0.348. The van der Waals surface area contributed by atoms with E-state index in [0.29, 0.717) is 24.4 Å². The first-order valence-electron chi connectivity index (χ1n) is 9.92. The molecule has 7 heteroatoms. The van der Waals surface area contributed by atoms with Crippen LogP contribution in [-0.2, 0) is 19.1 Å². The van der Waals surface area contributed by atoms with Gasteiger partial charge in [-0.3, -0.25) is 19.3 Å². The smallest absolute Gasteiger partial charge is 0.306 e. The zero-order chi connectivity index (χ0) is 21.7. The van der Waals surface area contributed by atoms with Crippen molar-refractivity contribution in [2.45, 2.75) is 45.3 Å². The van der Waals surface area contributed by atoms with Gasteiger partial charge in [0.05, 0.1) is 18.0 Å². The molecule has 1 aliphatic heterocycles. The highest BCUT2D eigenvalue weighted by molar-refractivity contribution is 6.15. The molecule has 0 aromatic heterocycles. The number of rotatable bonds is 7. The largest absolute Gasteiger partial charge is 0.494 e. The molecular formula is C23H26N2O5. The van der Waals surface area contributed by atoms with E-state index >= 15 is 0 Å². The molecule has 0 aliphatic carbocycles. The molecule has 30 heavy (non-hydrogen) atoms. The van der Waals surface area contributed by atoms with E-state index in [1.54, 1.807) is 38.1 Å². The summed E-state index contributed by atoms with van der Waals surface area (Å²) in [4.78, 5) is 39.2. The maximum absolute atomic E-state index is 13.1. The lowest BCUT2D eigenvalue weighted by molar-refractivity contribution is -0.154. The highest BCUT2D eigenvalue weighted by atomic mass is 16.5. The minimum atomic E-state index is -1.12. The summed E-state index contributed by atoms with van der Waals surface area (Å²) in [6.07, 6.45) is -0.425. The number of carbonyl (C=O) groups is 3. The Morgan fingerprint density at radius 1 is 1.07 bits per heavy atom. The predicted molar refractivity (Wildman–Crippen MR) is 113 cm³/mol. The third-order valence-electron chi connectivity index (χ3n) is 4.92. The van der Waals surface area contributed by atoms with Crippen molar-refractivity contribution in [2.75, 3.05) is 16.8 Å². The second-order valence-corrected chi connectivity index (χ2v) is 7.60. The Labute approximate surface area is 176 Å². The highest BCUT2D eigenvalue weighted by Crippen LogP contribution is 2.37. The summed E-state index contributed by atoms with van der Waals surface area (Å²) in [5.74, 6) is -0.499. The lowest BCUT2D eigenvalue weighted by Crippen LogP contribution is -2.60. The molecule has 0 fully saturated rings. The maximum atomic E-state index is 13.1. The van der Waals surface area contributed by atoms with Gasteiger partial charge >= 0.3 is 5.97 Å². The van der Waals surface area contributed by atoms with Crippen LogP contribution in [0, 0.1) is 0 Å². The fourth-order valence-electron chi connectivity index (χ4n) is 3.26. The van der Waals surface area contributed by atoms with Crippen LogP contribution < -0.4 is 15.0 Å². The van der Waals surface area contributed by atoms with Gasteiger partial charge in [-0.05, 0) is 51.5 Å². The van der Waals surface area contributed by atoms with E-state index in [0.717, 1.165) is 5.75 Å². The van der Waals surface area contributed by atoms with Crippen molar-refractivity contribution in [1.29, 1.82) is 0 Å². The summed E-state index contributed by atoms with van der Waals surface area (Å²) >= 11 is 0. The number of anilines is 2. The molecule has 3 rings (SSSR count). The number of nitrogens with zero attached hydrogens (tertiary/aromatic N) is 1. The molecule has 0 spiro atoms. The molecule has 1 N–H and O–H groups in total. The van der Waals surface area contributed by atoms with Gasteiger partial charge in [0.15, 0.2) is 6.10 Å². The minimum Gasteiger partial charge on any atom is -0.494 e. The average Bonchev–Trinajstić information content (AvgIpc) is 2.72. The molecule has 7 nitrogen and oxygen atoms in total. The van der Waals surface area contributed by atoms with Gasteiger partial charge in [0.25, 0.3) is 5.91 Å². The molecule has 158 valence electrons. The minimum absolute atomic E-state index is 0.130. The number of fused-ring (bicyclic) bond motifs is 1. The van der Waals surface area contributed by atoms with E-state index in [1.807, 2.05) is 30.3 Å². The summed E-state index contributed by atoms with van der Waals surface area (Å²) in [6, 6.07) is 16.4. The van der Waals surface area contributed by atoms with Crippen LogP contribution in [-0.4, -0.2) is 36.0 Å². The fourth-order valence-corrected chi connectivity index (χ4v) is 3.26. The van der Waals surface area contributed by atoms with Gasteiger partial charge in [-0.2, -0.15) is 0 Å². The number of hydrogen-bond acceptors (Lipinski definition) is 5. The van der Waals surface area contributed by atoms with Gasteiger partial charge in [-0.15, -0.1) is 0 Å². The molecule has 0 unspecified atom stereocenters. The zero-order valence-corrected chi connectivity index (χ0v) is 17.4. The number of hydrogen-bond donors (Lipinski definition) is 1. The molecule has 0 saturated carbocycles. The van der Waals surface area contributed by atoms with Gasteiger partial charge in [-0.1, -0.05) is 30.3 Å². The van der Waals surface area contributed by atoms with Crippen LogP contribution in [0.1, 0.15) is 33.6 Å². The van der Waals surface area contributed by atoms with Crippen LogP contribution >= 0.6 is 0 Å². The summed E-state index contributed by atoms with van der Waals surface area (Å²) in [5.41, 5.74) is 0.00772. The van der Waals surface area contributed by atoms with E-state index < -0.39 is 23.5 Å². The van der Waals surface area contributed by atoms with E-state index in [2.05, 4.69) is 5.32 Å². The summed E-state index contributed by atoms with van der Waals surface area (Å²) in [5, 5.41) is 2.81. The Hall–Kier alpha value is -3.35. The van der Waals surface area contributed by atoms with Gasteiger partial charge in [0.1, 0.15) is 11.3 Å². The number of amides is 2. The normalized spacial score (nSPS) is 15.6. The van der Waals surface area contributed by atoms with Crippen molar-refractivity contribution in [3.05, 3.63) is 54.6 Å². The van der Waals surface area contributed by atoms with Crippen LogP contribution in [0.25, 0.3) is 0 Å². The van der Waals surface area contributed by atoms with Gasteiger partial charge < -0.3 is 14.8 Å². The Bertz CT molecular complexity index is 926. The first-order chi connectivity index (χ1) is 14.3. The van der Waals surface area contributed by atoms with E-state index in [4.69, 9.17) is 9.47 Å². The molecular weight excluding hydrogens is 384 g/mol. The average molecular weight is 410 g/mol. The van der Waals surface area contributed by atoms with Crippen molar-refractivity contribution in [2.24, 2.45) is 0 Å². The molecule has 1 aliphatic rings. The topological polar surface area (TPSA) is 84.9 Å². The third kappa shape index (κ3) is 4.62. The number of esters is 1. The molecule has 0 saturated heterocycles. The predicted octanol–water partition coefficient (Wildman–Crippen LogP) is 3.54. The first-order valence-corrected chi connectivity index (χ1v) is 9.92. The molecule has 1 atom stereocenters. The SMILES string of the molecule is C[C@H](OC(=O)CCCOc1ccccc1)C(=O)N1c2ccccc2NC(=O)C1(C)C. The summed E-state index contributed by atoms with van der Waals surface area (Å²) < 4.78 is 10.9. The van der Waals surface area contributed by atoms with E-state index in [1.165, 1.54) is 11.8 Å².